The van der Waals surface area contributed by atoms with Gasteiger partial charge in [-0.1, -0.05) is 13.8 Å². The monoisotopic (exact) mass is 190 g/mol. The van der Waals surface area contributed by atoms with Crippen LogP contribution in [0, 0.1) is 5.92 Å². The third-order valence-electron chi connectivity index (χ3n) is 2.13. The van der Waals surface area contributed by atoms with Crippen molar-refractivity contribution in [3.8, 4) is 0 Å². The standard InChI is InChI=1S/C10H14N4/c1-7(2)5-14-6-13-9-8(14)3-4-12-10(9)11/h3-4,6-7H,5H2,1-2H3,(H2,11,12). The van der Waals surface area contributed by atoms with Gasteiger partial charge in [0.2, 0.25) is 0 Å². The molecule has 14 heavy (non-hydrogen) atoms. The van der Waals surface area contributed by atoms with Crippen LogP contribution in [0.5, 0.6) is 0 Å². The van der Waals surface area contributed by atoms with E-state index in [0.29, 0.717) is 11.7 Å². The molecule has 0 saturated carbocycles. The quantitative estimate of drug-likeness (QED) is 0.783. The molecule has 2 aromatic heterocycles. The fourth-order valence-corrected chi connectivity index (χ4v) is 1.55. The molecule has 0 fully saturated rings. The zero-order valence-electron chi connectivity index (χ0n) is 8.44. The molecule has 0 aliphatic rings. The molecule has 2 heterocycles. The number of nitrogens with two attached hydrogens (primary N) is 1. The topological polar surface area (TPSA) is 56.7 Å². The first-order chi connectivity index (χ1) is 6.68. The van der Waals surface area contributed by atoms with Crippen LogP contribution in [0.1, 0.15) is 13.8 Å². The van der Waals surface area contributed by atoms with Crippen molar-refractivity contribution in [2.75, 3.05) is 5.73 Å². The van der Waals surface area contributed by atoms with Gasteiger partial charge in [0.05, 0.1) is 11.8 Å². The number of nitrogens with zero attached hydrogens (tertiary/aromatic N) is 3. The van der Waals surface area contributed by atoms with Gasteiger partial charge in [-0.3, -0.25) is 0 Å². The Kier molecular flexibility index (Phi) is 2.11. The average Bonchev–Trinajstić information content (AvgIpc) is 2.49. The van der Waals surface area contributed by atoms with Crippen molar-refractivity contribution in [3.63, 3.8) is 0 Å². The first-order valence-corrected chi connectivity index (χ1v) is 4.74. The molecule has 4 heteroatoms. The summed E-state index contributed by atoms with van der Waals surface area (Å²) in [5.74, 6) is 1.10. The second-order valence-electron chi connectivity index (χ2n) is 3.85. The van der Waals surface area contributed by atoms with Crippen molar-refractivity contribution >= 4 is 16.9 Å². The maximum Gasteiger partial charge on any atom is 0.151 e. The second-order valence-corrected chi connectivity index (χ2v) is 3.85. The molecular formula is C10H14N4. The van der Waals surface area contributed by atoms with Crippen LogP contribution in [0.4, 0.5) is 5.82 Å². The molecule has 0 spiro atoms. The molecule has 0 aliphatic heterocycles. The van der Waals surface area contributed by atoms with Gasteiger partial charge in [0.1, 0.15) is 5.52 Å². The number of rotatable bonds is 2. The van der Waals surface area contributed by atoms with Crippen molar-refractivity contribution in [3.05, 3.63) is 18.6 Å². The van der Waals surface area contributed by atoms with Gasteiger partial charge in [-0.05, 0) is 12.0 Å². The second kappa shape index (κ2) is 3.29. The van der Waals surface area contributed by atoms with Gasteiger partial charge in [0.25, 0.3) is 0 Å². The number of imidazole rings is 1. The fourth-order valence-electron chi connectivity index (χ4n) is 1.55. The highest BCUT2D eigenvalue weighted by molar-refractivity contribution is 5.84. The van der Waals surface area contributed by atoms with Gasteiger partial charge in [-0.15, -0.1) is 0 Å². The minimum Gasteiger partial charge on any atom is -0.382 e. The zero-order valence-corrected chi connectivity index (χ0v) is 8.44. The Bertz CT molecular complexity index is 444. The molecule has 0 unspecified atom stereocenters. The third kappa shape index (κ3) is 1.43. The SMILES string of the molecule is CC(C)Cn1cnc2c(N)nccc21. The molecule has 2 rings (SSSR count). The van der Waals surface area contributed by atoms with Crippen LogP contribution < -0.4 is 5.73 Å². The van der Waals surface area contributed by atoms with E-state index < -0.39 is 0 Å². The van der Waals surface area contributed by atoms with Crippen LogP contribution in [0.25, 0.3) is 11.0 Å². The highest BCUT2D eigenvalue weighted by atomic mass is 15.1. The molecule has 0 atom stereocenters. The van der Waals surface area contributed by atoms with Crippen LogP contribution in [-0.4, -0.2) is 14.5 Å². The van der Waals surface area contributed by atoms with E-state index in [1.54, 1.807) is 6.20 Å². The summed E-state index contributed by atoms with van der Waals surface area (Å²) < 4.78 is 2.11. The van der Waals surface area contributed by atoms with Crippen LogP contribution >= 0.6 is 0 Å². The Morgan fingerprint density at radius 3 is 2.93 bits per heavy atom. The third-order valence-corrected chi connectivity index (χ3v) is 2.13. The summed E-state index contributed by atoms with van der Waals surface area (Å²) in [4.78, 5) is 8.25. The molecule has 2 aromatic rings. The minimum atomic E-state index is 0.505. The summed E-state index contributed by atoms with van der Waals surface area (Å²) in [6.45, 7) is 5.31. The highest BCUT2D eigenvalue weighted by Crippen LogP contribution is 2.17. The highest BCUT2D eigenvalue weighted by Gasteiger charge is 2.06. The number of hydrogen-bond donors (Lipinski definition) is 1. The Morgan fingerprint density at radius 2 is 2.21 bits per heavy atom. The van der Waals surface area contributed by atoms with E-state index >= 15 is 0 Å². The zero-order chi connectivity index (χ0) is 10.1. The Hall–Kier alpha value is -1.58. The van der Waals surface area contributed by atoms with E-state index in [1.807, 2.05) is 12.4 Å². The number of nitrogen functional groups attached to an aromatic ring is 1. The molecule has 2 N–H and O–H groups in total. The summed E-state index contributed by atoms with van der Waals surface area (Å²) >= 11 is 0. The van der Waals surface area contributed by atoms with Crippen LogP contribution in [0.2, 0.25) is 0 Å². The summed E-state index contributed by atoms with van der Waals surface area (Å²) in [5, 5.41) is 0. The molecule has 0 radical (unpaired) electrons. The molecule has 0 bridgehead atoms. The van der Waals surface area contributed by atoms with E-state index in [1.165, 1.54) is 0 Å². The van der Waals surface area contributed by atoms with Gasteiger partial charge in [0.15, 0.2) is 5.82 Å². The van der Waals surface area contributed by atoms with Crippen LogP contribution in [0.15, 0.2) is 18.6 Å². The Balaban J connectivity index is 2.52. The molecule has 0 amide bonds. The van der Waals surface area contributed by atoms with Crippen molar-refractivity contribution in [1.82, 2.24) is 14.5 Å². The lowest BCUT2D eigenvalue weighted by molar-refractivity contribution is 0.533. The smallest absolute Gasteiger partial charge is 0.151 e. The van der Waals surface area contributed by atoms with E-state index in [4.69, 9.17) is 5.73 Å². The van der Waals surface area contributed by atoms with E-state index in [2.05, 4.69) is 28.4 Å². The molecular weight excluding hydrogens is 176 g/mol. The lowest BCUT2D eigenvalue weighted by Gasteiger charge is -2.06. The van der Waals surface area contributed by atoms with Crippen molar-refractivity contribution < 1.29 is 0 Å². The molecule has 4 nitrogen and oxygen atoms in total. The summed E-state index contributed by atoms with van der Waals surface area (Å²) in [7, 11) is 0. The van der Waals surface area contributed by atoms with Gasteiger partial charge >= 0.3 is 0 Å². The number of fused-ring (bicyclic) bond motifs is 1. The molecule has 74 valence electrons. The summed E-state index contributed by atoms with van der Waals surface area (Å²) in [6, 6.07) is 1.95. The van der Waals surface area contributed by atoms with Gasteiger partial charge in [-0.2, -0.15) is 0 Å². The maximum absolute atomic E-state index is 5.71. The van der Waals surface area contributed by atoms with Crippen LogP contribution in [-0.2, 0) is 6.54 Å². The number of aromatic nitrogens is 3. The van der Waals surface area contributed by atoms with Crippen molar-refractivity contribution in [2.45, 2.75) is 20.4 Å². The number of pyridine rings is 1. The molecule has 0 aromatic carbocycles. The summed E-state index contributed by atoms with van der Waals surface area (Å²) in [5.41, 5.74) is 7.57. The molecule has 0 saturated heterocycles. The van der Waals surface area contributed by atoms with Gasteiger partial charge < -0.3 is 10.3 Å². The number of anilines is 1. The predicted molar refractivity (Wildman–Crippen MR) is 56.8 cm³/mol. The van der Waals surface area contributed by atoms with Crippen molar-refractivity contribution in [2.24, 2.45) is 5.92 Å². The minimum absolute atomic E-state index is 0.505. The number of hydrogen-bond acceptors (Lipinski definition) is 3. The van der Waals surface area contributed by atoms with Gasteiger partial charge in [-0.25, -0.2) is 9.97 Å². The first kappa shape index (κ1) is 8.99. The molecule has 0 aliphatic carbocycles. The normalized spacial score (nSPS) is 11.4. The van der Waals surface area contributed by atoms with E-state index in [-0.39, 0.29) is 0 Å². The lowest BCUT2D eigenvalue weighted by Crippen LogP contribution is -2.02. The Morgan fingerprint density at radius 1 is 1.43 bits per heavy atom. The largest absolute Gasteiger partial charge is 0.382 e. The average molecular weight is 190 g/mol. The Labute approximate surface area is 82.8 Å². The summed E-state index contributed by atoms with van der Waals surface area (Å²) in [6.07, 6.45) is 3.54. The predicted octanol–water partition coefficient (Wildman–Crippen LogP) is 1.67. The van der Waals surface area contributed by atoms with Crippen LogP contribution in [0.3, 0.4) is 0 Å². The van der Waals surface area contributed by atoms with E-state index in [0.717, 1.165) is 17.6 Å². The first-order valence-electron chi connectivity index (χ1n) is 4.74. The van der Waals surface area contributed by atoms with E-state index in [9.17, 15) is 0 Å². The van der Waals surface area contributed by atoms with Crippen molar-refractivity contribution in [1.29, 1.82) is 0 Å². The lowest BCUT2D eigenvalue weighted by atomic mass is 10.2. The maximum atomic E-state index is 5.71. The fraction of sp³-hybridized carbons (Fsp3) is 0.400. The van der Waals surface area contributed by atoms with Gasteiger partial charge in [0, 0.05) is 12.7 Å².